The van der Waals surface area contributed by atoms with Crippen LogP contribution in [-0.4, -0.2) is 34.4 Å². The number of aromatic amines is 1. The van der Waals surface area contributed by atoms with E-state index in [1.165, 1.54) is 0 Å². The summed E-state index contributed by atoms with van der Waals surface area (Å²) in [7, 11) is 1.84. The molecule has 3 aromatic rings. The number of aryl methyl sites for hydroxylation is 2. The van der Waals surface area contributed by atoms with Crippen LogP contribution >= 0.6 is 0 Å². The van der Waals surface area contributed by atoms with Gasteiger partial charge in [0.2, 0.25) is 5.91 Å². The second kappa shape index (κ2) is 6.91. The largest absolute Gasteiger partial charge is 0.466 e. The highest BCUT2D eigenvalue weighted by Gasteiger charge is 2.21. The summed E-state index contributed by atoms with van der Waals surface area (Å²) in [5, 5.41) is 0. The number of hydrogen-bond acceptors (Lipinski definition) is 3. The lowest BCUT2D eigenvalue weighted by molar-refractivity contribution is -0.131. The molecule has 0 bridgehead atoms. The summed E-state index contributed by atoms with van der Waals surface area (Å²) in [4.78, 5) is 22.1. The highest BCUT2D eigenvalue weighted by atomic mass is 16.3. The number of imidazole rings is 1. The van der Waals surface area contributed by atoms with Crippen LogP contribution in [0.5, 0.6) is 0 Å². The lowest BCUT2D eigenvalue weighted by atomic mass is 10.1. The summed E-state index contributed by atoms with van der Waals surface area (Å²) in [5.74, 6) is 2.34. The number of likely N-dealkylation sites (N-methyl/N-ethyl adjacent to an activating group) is 1. The number of carbonyl (C=O) groups is 1. The molecule has 126 valence electrons. The first-order valence-electron chi connectivity index (χ1n) is 8.29. The molecular formula is C19H23N3O2. The molecule has 0 aliphatic rings. The monoisotopic (exact) mass is 325 g/mol. The molecule has 0 saturated carbocycles. The van der Waals surface area contributed by atoms with Gasteiger partial charge in [0.25, 0.3) is 0 Å². The van der Waals surface area contributed by atoms with Crippen molar-refractivity contribution >= 4 is 16.9 Å². The van der Waals surface area contributed by atoms with Gasteiger partial charge in [0, 0.05) is 20.0 Å². The molecule has 1 atom stereocenters. The van der Waals surface area contributed by atoms with E-state index in [0.717, 1.165) is 41.2 Å². The van der Waals surface area contributed by atoms with E-state index in [2.05, 4.69) is 9.97 Å². The highest BCUT2D eigenvalue weighted by molar-refractivity contribution is 5.82. The maximum absolute atomic E-state index is 12.5. The molecule has 0 saturated heterocycles. The molecule has 5 nitrogen and oxygen atoms in total. The van der Waals surface area contributed by atoms with Gasteiger partial charge in [-0.05, 0) is 44.5 Å². The van der Waals surface area contributed by atoms with Crippen molar-refractivity contribution in [3.8, 4) is 0 Å². The predicted octanol–water partition coefficient (Wildman–Crippen LogP) is 3.66. The van der Waals surface area contributed by atoms with E-state index in [1.807, 2.05) is 57.3 Å². The minimum atomic E-state index is -0.255. The number of amides is 1. The first-order valence-corrected chi connectivity index (χ1v) is 8.29. The van der Waals surface area contributed by atoms with E-state index in [0.29, 0.717) is 6.54 Å². The zero-order chi connectivity index (χ0) is 17.1. The van der Waals surface area contributed by atoms with Gasteiger partial charge >= 0.3 is 0 Å². The molecule has 1 amide bonds. The molecule has 5 heteroatoms. The van der Waals surface area contributed by atoms with Crippen LogP contribution in [0.1, 0.15) is 36.6 Å². The number of aromatic nitrogens is 2. The van der Waals surface area contributed by atoms with E-state index in [9.17, 15) is 4.79 Å². The van der Waals surface area contributed by atoms with E-state index in [-0.39, 0.29) is 11.8 Å². The number of fused-ring (bicyclic) bond motifs is 1. The van der Waals surface area contributed by atoms with Crippen molar-refractivity contribution < 1.29 is 9.21 Å². The zero-order valence-electron chi connectivity index (χ0n) is 14.4. The van der Waals surface area contributed by atoms with E-state index in [1.54, 1.807) is 4.90 Å². The van der Waals surface area contributed by atoms with E-state index in [4.69, 9.17) is 4.42 Å². The average Bonchev–Trinajstić information content (AvgIpc) is 3.18. The highest BCUT2D eigenvalue weighted by Crippen LogP contribution is 2.20. The average molecular weight is 325 g/mol. The number of carbonyl (C=O) groups excluding carboxylic acids is 1. The number of furan rings is 1. The van der Waals surface area contributed by atoms with Gasteiger partial charge in [0.05, 0.1) is 17.0 Å². The third kappa shape index (κ3) is 3.50. The van der Waals surface area contributed by atoms with Crippen molar-refractivity contribution in [2.24, 2.45) is 0 Å². The molecule has 0 unspecified atom stereocenters. The fraction of sp³-hybridized carbons (Fsp3) is 0.368. The standard InChI is InChI=1S/C19H23N3O2/c1-13-10-11-17(24-13)14(2)19(23)22(3)12-6-9-18-20-15-7-4-5-8-16(15)21-18/h4-5,7-8,10-11,14H,6,9,12H2,1-3H3,(H,20,21)/t14-/m0/s1. The molecule has 1 aromatic carbocycles. The minimum Gasteiger partial charge on any atom is -0.466 e. The van der Waals surface area contributed by atoms with Crippen molar-refractivity contribution in [1.82, 2.24) is 14.9 Å². The third-order valence-corrected chi connectivity index (χ3v) is 4.28. The Labute approximate surface area is 141 Å². The van der Waals surface area contributed by atoms with Crippen LogP contribution in [0.3, 0.4) is 0 Å². The van der Waals surface area contributed by atoms with Gasteiger partial charge in [0.15, 0.2) is 0 Å². The van der Waals surface area contributed by atoms with E-state index >= 15 is 0 Å². The number of benzene rings is 1. The van der Waals surface area contributed by atoms with Gasteiger partial charge < -0.3 is 14.3 Å². The van der Waals surface area contributed by atoms with E-state index < -0.39 is 0 Å². The summed E-state index contributed by atoms with van der Waals surface area (Å²) in [6.45, 7) is 4.47. The van der Waals surface area contributed by atoms with Crippen molar-refractivity contribution in [1.29, 1.82) is 0 Å². The molecule has 2 heterocycles. The lowest BCUT2D eigenvalue weighted by Gasteiger charge is -2.20. The van der Waals surface area contributed by atoms with Crippen molar-refractivity contribution in [3.63, 3.8) is 0 Å². The number of H-pyrrole nitrogens is 1. The van der Waals surface area contributed by atoms with Crippen molar-refractivity contribution in [3.05, 3.63) is 53.7 Å². The second-order valence-electron chi connectivity index (χ2n) is 6.23. The number of hydrogen-bond donors (Lipinski definition) is 1. The molecule has 0 radical (unpaired) electrons. The Morgan fingerprint density at radius 1 is 1.29 bits per heavy atom. The summed E-state index contributed by atoms with van der Waals surface area (Å²) in [6, 6.07) is 11.8. The first-order chi connectivity index (χ1) is 11.5. The van der Waals surface area contributed by atoms with Gasteiger partial charge in [-0.25, -0.2) is 4.98 Å². The molecule has 0 aliphatic carbocycles. The normalized spacial score (nSPS) is 12.5. The number of nitrogens with one attached hydrogen (secondary N) is 1. The van der Waals surface area contributed by atoms with Crippen LogP contribution in [0.2, 0.25) is 0 Å². The Balaban J connectivity index is 1.53. The van der Waals surface area contributed by atoms with Crippen LogP contribution in [0, 0.1) is 6.92 Å². The Morgan fingerprint density at radius 3 is 2.79 bits per heavy atom. The molecule has 0 spiro atoms. The topological polar surface area (TPSA) is 62.1 Å². The molecule has 3 rings (SSSR count). The summed E-state index contributed by atoms with van der Waals surface area (Å²) < 4.78 is 5.56. The van der Waals surface area contributed by atoms with Gasteiger partial charge in [-0.2, -0.15) is 0 Å². The van der Waals surface area contributed by atoms with Crippen molar-refractivity contribution in [2.75, 3.05) is 13.6 Å². The molecule has 2 aromatic heterocycles. The minimum absolute atomic E-state index is 0.0777. The summed E-state index contributed by atoms with van der Waals surface area (Å²) >= 11 is 0. The maximum atomic E-state index is 12.5. The number of rotatable bonds is 6. The van der Waals surface area contributed by atoms with Gasteiger partial charge in [-0.1, -0.05) is 12.1 Å². The zero-order valence-corrected chi connectivity index (χ0v) is 14.4. The number of nitrogens with zero attached hydrogens (tertiary/aromatic N) is 2. The van der Waals surface area contributed by atoms with Gasteiger partial charge in [-0.15, -0.1) is 0 Å². The molecule has 0 fully saturated rings. The van der Waals surface area contributed by atoms with Gasteiger partial charge in [-0.3, -0.25) is 4.79 Å². The SMILES string of the molecule is Cc1ccc([C@H](C)C(=O)N(C)CCCc2nc3ccccc3[nH]2)o1. The Bertz CT molecular complexity index is 801. The Hall–Kier alpha value is -2.56. The van der Waals surface area contributed by atoms with Crippen LogP contribution in [0.4, 0.5) is 0 Å². The molecular weight excluding hydrogens is 302 g/mol. The van der Waals surface area contributed by atoms with Crippen LogP contribution < -0.4 is 0 Å². The van der Waals surface area contributed by atoms with Crippen LogP contribution in [-0.2, 0) is 11.2 Å². The summed E-state index contributed by atoms with van der Waals surface area (Å²) in [6.07, 6.45) is 1.69. The second-order valence-corrected chi connectivity index (χ2v) is 6.23. The fourth-order valence-electron chi connectivity index (χ4n) is 2.86. The Morgan fingerprint density at radius 2 is 2.08 bits per heavy atom. The quantitative estimate of drug-likeness (QED) is 0.752. The lowest BCUT2D eigenvalue weighted by Crippen LogP contribution is -2.31. The van der Waals surface area contributed by atoms with Crippen LogP contribution in [0.25, 0.3) is 11.0 Å². The Kier molecular flexibility index (Phi) is 4.69. The molecule has 1 N–H and O–H groups in total. The van der Waals surface area contributed by atoms with Crippen molar-refractivity contribution in [2.45, 2.75) is 32.6 Å². The molecule has 0 aliphatic heterocycles. The van der Waals surface area contributed by atoms with Crippen LogP contribution in [0.15, 0.2) is 40.8 Å². The maximum Gasteiger partial charge on any atom is 0.232 e. The first kappa shape index (κ1) is 16.3. The summed E-state index contributed by atoms with van der Waals surface area (Å²) in [5.41, 5.74) is 2.04. The smallest absolute Gasteiger partial charge is 0.232 e. The fourth-order valence-corrected chi connectivity index (χ4v) is 2.86. The molecule has 24 heavy (non-hydrogen) atoms. The third-order valence-electron chi connectivity index (χ3n) is 4.28. The van der Waals surface area contributed by atoms with Gasteiger partial charge in [0.1, 0.15) is 17.3 Å². The number of para-hydroxylation sites is 2. The predicted molar refractivity (Wildman–Crippen MR) is 93.9 cm³/mol.